The Kier molecular flexibility index (Phi) is 15.6. The normalized spacial score (nSPS) is 32.0. The van der Waals surface area contributed by atoms with E-state index in [2.05, 4.69) is 59.2 Å². The number of carbonyl (C=O) groups is 1. The van der Waals surface area contributed by atoms with Crippen LogP contribution in [0.4, 0.5) is 4.79 Å². The zero-order valence-electron chi connectivity index (χ0n) is 32.6. The molecule has 0 aliphatic heterocycles. The largest absolute Gasteiger partial charge is 0.446 e. The molecule has 0 aromatic rings. The Hall–Kier alpha value is -0.720. The third kappa shape index (κ3) is 10.9. The Morgan fingerprint density at radius 1 is 1.00 bits per heavy atom. The lowest BCUT2D eigenvalue weighted by Crippen LogP contribution is -2.50. The summed E-state index contributed by atoms with van der Waals surface area (Å²) < 4.78 is 18.2. The fourth-order valence-electron chi connectivity index (χ4n) is 9.76. The first-order valence-corrected chi connectivity index (χ1v) is 21.0. The molecule has 4 rings (SSSR count). The Morgan fingerprint density at radius 3 is 2.45 bits per heavy atom. The van der Waals surface area contributed by atoms with Gasteiger partial charge in [0, 0.05) is 13.0 Å². The maximum Gasteiger partial charge on any atom is 0.407 e. The van der Waals surface area contributed by atoms with Gasteiger partial charge in [-0.3, -0.25) is 0 Å². The van der Waals surface area contributed by atoms with Crippen LogP contribution in [0.25, 0.3) is 0 Å². The number of carbonyl (C=O) groups excluding carboxylic acids is 1. The molecule has 0 aromatic carbocycles. The highest BCUT2D eigenvalue weighted by Crippen LogP contribution is 2.66. The van der Waals surface area contributed by atoms with E-state index in [0.29, 0.717) is 25.2 Å². The molecule has 1 N–H and O–H groups in total. The molecular weight excluding hydrogens is 603 g/mol. The molecule has 0 heterocycles. The second-order valence-corrected chi connectivity index (χ2v) is 18.3. The van der Waals surface area contributed by atoms with E-state index >= 15 is 0 Å². The Balaban J connectivity index is 0.00000294. The average Bonchev–Trinajstić information content (AvgIpc) is 3.37. The number of hydrogen-bond donors (Lipinski definition) is 1. The molecule has 0 spiro atoms. The van der Waals surface area contributed by atoms with Crippen molar-refractivity contribution in [1.29, 1.82) is 0 Å². The van der Waals surface area contributed by atoms with Gasteiger partial charge in [0.25, 0.3) is 0 Å². The highest BCUT2D eigenvalue weighted by molar-refractivity contribution is 7.98. The van der Waals surface area contributed by atoms with Crippen LogP contribution in [0.5, 0.6) is 0 Å². The summed E-state index contributed by atoms with van der Waals surface area (Å²) in [5, 5.41) is 2.94. The van der Waals surface area contributed by atoms with Crippen molar-refractivity contribution in [2.24, 2.45) is 40.4 Å². The smallest absolute Gasteiger partial charge is 0.407 e. The lowest BCUT2D eigenvalue weighted by Gasteiger charge is -2.58. The molecular formula is C41H75NO4S. The summed E-state index contributed by atoms with van der Waals surface area (Å²) in [6.45, 7) is 23.7. The summed E-state index contributed by atoms with van der Waals surface area (Å²) in [5.41, 5.74) is 1.83. The molecule has 1 amide bonds. The fourth-order valence-corrected chi connectivity index (χ4v) is 10.5. The first-order valence-electron chi connectivity index (χ1n) is 19.6. The van der Waals surface area contributed by atoms with Crippen molar-refractivity contribution in [2.75, 3.05) is 31.8 Å². The molecule has 6 heteroatoms. The second-order valence-electron chi connectivity index (χ2n) is 17.4. The maximum atomic E-state index is 12.7. The summed E-state index contributed by atoms with van der Waals surface area (Å²) in [6, 6.07) is 0. The number of alkyl carbamates (subject to hydrolysis) is 1. The van der Waals surface area contributed by atoms with Gasteiger partial charge >= 0.3 is 6.09 Å². The fraction of sp³-hybridized carbons (Fsp3) is 0.927. The van der Waals surface area contributed by atoms with Crippen LogP contribution in [0.15, 0.2) is 11.6 Å². The number of hydrogen-bond acceptors (Lipinski definition) is 5. The quantitative estimate of drug-likeness (QED) is 0.130. The van der Waals surface area contributed by atoms with Gasteiger partial charge in [0.1, 0.15) is 6.10 Å². The zero-order valence-corrected chi connectivity index (χ0v) is 33.4. The van der Waals surface area contributed by atoms with Crippen LogP contribution in [-0.2, 0) is 14.2 Å². The number of amides is 1. The lowest BCUT2D eigenvalue weighted by molar-refractivity contribution is -0.119. The van der Waals surface area contributed by atoms with Crippen molar-refractivity contribution in [3.63, 3.8) is 0 Å². The van der Waals surface area contributed by atoms with Crippen LogP contribution in [0.2, 0.25) is 0 Å². The molecule has 3 fully saturated rings. The summed E-state index contributed by atoms with van der Waals surface area (Å²) in [7, 11) is 0. The van der Waals surface area contributed by atoms with Gasteiger partial charge in [0.05, 0.1) is 24.4 Å². The number of unbranched alkanes of at least 4 members (excludes halogenated alkanes) is 1. The summed E-state index contributed by atoms with van der Waals surface area (Å²) in [6.07, 6.45) is 21.0. The Morgan fingerprint density at radius 2 is 1.74 bits per heavy atom. The Bertz CT molecular complexity index is 994. The average molecular weight is 678 g/mol. The molecule has 0 bridgehead atoms. The molecule has 4 aliphatic carbocycles. The zero-order chi connectivity index (χ0) is 34.9. The van der Waals surface area contributed by atoms with Crippen molar-refractivity contribution in [1.82, 2.24) is 5.32 Å². The highest BCUT2D eigenvalue weighted by Gasteiger charge is 2.58. The second kappa shape index (κ2) is 18.0. The lowest BCUT2D eigenvalue weighted by atomic mass is 9.47. The topological polar surface area (TPSA) is 56.8 Å². The molecule has 0 saturated heterocycles. The number of allylic oxidation sites excluding steroid dienone is 1. The van der Waals surface area contributed by atoms with Crippen LogP contribution < -0.4 is 5.32 Å². The van der Waals surface area contributed by atoms with Gasteiger partial charge in [-0.2, -0.15) is 11.8 Å². The number of thioether (sulfide) groups is 1. The maximum absolute atomic E-state index is 12.7. The standard InChI is InChI=1S/C39H69NO4S.C2H6/c1-28(2)12-10-11-13-29-15-17-33-32-16-14-30-26-31(18-20-39(30,8)34(32)19-21-38(29,33)7)44-35(41)40-23-24-42-37(5,6)27-43-36(3,4)22-25-45-9;1-2/h14,28-29,31-34H,10-13,15-27H2,1-9H3,(H,40,41);1-2H3. The van der Waals surface area contributed by atoms with Crippen LogP contribution in [0.1, 0.15) is 153 Å². The third-order valence-electron chi connectivity index (χ3n) is 12.7. The van der Waals surface area contributed by atoms with Gasteiger partial charge in [-0.05, 0) is 138 Å². The molecule has 7 unspecified atom stereocenters. The first-order chi connectivity index (χ1) is 22.2. The van der Waals surface area contributed by atoms with E-state index in [1.165, 1.54) is 57.8 Å². The number of nitrogens with one attached hydrogen (secondary N) is 1. The summed E-state index contributed by atoms with van der Waals surface area (Å²) in [4.78, 5) is 12.7. The molecule has 5 nitrogen and oxygen atoms in total. The summed E-state index contributed by atoms with van der Waals surface area (Å²) >= 11 is 1.84. The minimum atomic E-state index is -0.412. The van der Waals surface area contributed by atoms with Gasteiger partial charge < -0.3 is 19.5 Å². The van der Waals surface area contributed by atoms with Crippen LogP contribution in [0.3, 0.4) is 0 Å². The van der Waals surface area contributed by atoms with Crippen LogP contribution in [-0.4, -0.2) is 55.2 Å². The molecule has 3 saturated carbocycles. The van der Waals surface area contributed by atoms with E-state index in [1.54, 1.807) is 5.57 Å². The molecule has 0 aromatic heterocycles. The number of rotatable bonds is 16. The summed E-state index contributed by atoms with van der Waals surface area (Å²) in [5.74, 6) is 5.38. The monoisotopic (exact) mass is 678 g/mol. The molecule has 4 aliphatic rings. The van der Waals surface area contributed by atoms with E-state index < -0.39 is 5.60 Å². The first kappa shape index (κ1) is 40.7. The predicted octanol–water partition coefficient (Wildman–Crippen LogP) is 11.2. The van der Waals surface area contributed by atoms with E-state index in [4.69, 9.17) is 14.2 Å². The SMILES string of the molecule is CC.CSCCC(C)(C)OCC(C)(C)OCCNC(=O)OC1CCC2(C)C(=CCC3C2CCC2(C)C(CCCCC(C)C)CCC32)C1. The van der Waals surface area contributed by atoms with Gasteiger partial charge in [0.2, 0.25) is 0 Å². The van der Waals surface area contributed by atoms with E-state index in [0.717, 1.165) is 61.0 Å². The molecule has 274 valence electrons. The minimum Gasteiger partial charge on any atom is -0.446 e. The van der Waals surface area contributed by atoms with E-state index in [1.807, 2.05) is 39.5 Å². The minimum absolute atomic E-state index is 0.0225. The van der Waals surface area contributed by atoms with Gasteiger partial charge in [-0.25, -0.2) is 4.79 Å². The van der Waals surface area contributed by atoms with Crippen LogP contribution in [0, 0.1) is 40.4 Å². The van der Waals surface area contributed by atoms with Gasteiger partial charge in [-0.1, -0.05) is 72.5 Å². The van der Waals surface area contributed by atoms with Gasteiger partial charge in [0.15, 0.2) is 0 Å². The number of fused-ring (bicyclic) bond motifs is 5. The van der Waals surface area contributed by atoms with Crippen molar-refractivity contribution >= 4 is 17.9 Å². The molecule has 47 heavy (non-hydrogen) atoms. The third-order valence-corrected chi connectivity index (χ3v) is 13.3. The molecule has 7 atom stereocenters. The van der Waals surface area contributed by atoms with Gasteiger partial charge in [-0.15, -0.1) is 0 Å². The van der Waals surface area contributed by atoms with Crippen molar-refractivity contribution in [3.8, 4) is 0 Å². The predicted molar refractivity (Wildman–Crippen MR) is 201 cm³/mol. The molecule has 0 radical (unpaired) electrons. The van der Waals surface area contributed by atoms with E-state index in [-0.39, 0.29) is 23.2 Å². The Labute approximate surface area is 295 Å². The number of ether oxygens (including phenoxy) is 3. The highest BCUT2D eigenvalue weighted by atomic mass is 32.2. The van der Waals surface area contributed by atoms with E-state index in [9.17, 15) is 4.79 Å². The van der Waals surface area contributed by atoms with Crippen molar-refractivity contribution in [3.05, 3.63) is 11.6 Å². The van der Waals surface area contributed by atoms with Crippen molar-refractivity contribution in [2.45, 2.75) is 170 Å². The van der Waals surface area contributed by atoms with Crippen molar-refractivity contribution < 1.29 is 19.0 Å². The van der Waals surface area contributed by atoms with Crippen LogP contribution >= 0.6 is 11.8 Å².